The van der Waals surface area contributed by atoms with Gasteiger partial charge in [0.1, 0.15) is 6.10 Å². The molecule has 0 aromatic heterocycles. The zero-order valence-electron chi connectivity index (χ0n) is 10.9. The Bertz CT molecular complexity index is 280. The van der Waals surface area contributed by atoms with E-state index in [1.54, 1.807) is 0 Å². The lowest BCUT2D eigenvalue weighted by atomic mass is 10.3. The summed E-state index contributed by atoms with van der Waals surface area (Å²) in [7, 11) is 0. The highest BCUT2D eigenvalue weighted by molar-refractivity contribution is 14.1. The first kappa shape index (κ1) is 15.9. The van der Waals surface area contributed by atoms with E-state index in [9.17, 15) is 4.79 Å². The highest BCUT2D eigenvalue weighted by Crippen LogP contribution is 2.20. The van der Waals surface area contributed by atoms with E-state index in [-0.39, 0.29) is 24.5 Å². The first-order valence-electron chi connectivity index (χ1n) is 6.34. The predicted molar refractivity (Wildman–Crippen MR) is 77.7 cm³/mol. The fourth-order valence-electron chi connectivity index (χ4n) is 1.71. The van der Waals surface area contributed by atoms with Gasteiger partial charge >= 0.3 is 5.97 Å². The normalized spacial score (nSPS) is 24.2. The van der Waals surface area contributed by atoms with Crippen molar-refractivity contribution in [2.75, 3.05) is 11.0 Å². The van der Waals surface area contributed by atoms with E-state index in [1.165, 1.54) is 6.92 Å². The molecule has 0 radical (unpaired) electrons. The highest BCUT2D eigenvalue weighted by atomic mass is 127. The van der Waals surface area contributed by atoms with Gasteiger partial charge in [-0.15, -0.1) is 0 Å². The molecule has 3 atom stereocenters. The van der Waals surface area contributed by atoms with Crippen LogP contribution in [-0.2, 0) is 19.0 Å². The van der Waals surface area contributed by atoms with Gasteiger partial charge in [-0.1, -0.05) is 42.0 Å². The summed E-state index contributed by atoms with van der Waals surface area (Å²) < 4.78 is 17.4. The maximum absolute atomic E-state index is 10.8. The molecule has 1 aliphatic carbocycles. The maximum atomic E-state index is 10.8. The van der Waals surface area contributed by atoms with E-state index >= 15 is 0 Å². The van der Waals surface area contributed by atoms with Gasteiger partial charge in [-0.3, -0.25) is 4.79 Å². The molecule has 0 aliphatic heterocycles. The topological polar surface area (TPSA) is 44.8 Å². The van der Waals surface area contributed by atoms with Crippen LogP contribution in [0.2, 0.25) is 0 Å². The largest absolute Gasteiger partial charge is 0.458 e. The molecule has 0 saturated carbocycles. The summed E-state index contributed by atoms with van der Waals surface area (Å²) in [4.78, 5) is 10.8. The van der Waals surface area contributed by atoms with Gasteiger partial charge < -0.3 is 14.2 Å². The minimum Gasteiger partial charge on any atom is -0.458 e. The van der Waals surface area contributed by atoms with Crippen molar-refractivity contribution in [1.29, 1.82) is 0 Å². The fraction of sp³-hybridized carbons (Fsp3) is 0.769. The third-order valence-corrected chi connectivity index (χ3v) is 3.30. The lowest BCUT2D eigenvalue weighted by Crippen LogP contribution is -2.26. The van der Waals surface area contributed by atoms with Crippen LogP contribution in [-0.4, -0.2) is 35.5 Å². The second kappa shape index (κ2) is 8.87. The van der Waals surface area contributed by atoms with Crippen molar-refractivity contribution in [2.45, 2.75) is 51.6 Å². The van der Waals surface area contributed by atoms with Gasteiger partial charge in [0.25, 0.3) is 0 Å². The van der Waals surface area contributed by atoms with E-state index in [0.29, 0.717) is 6.42 Å². The second-order valence-corrected chi connectivity index (χ2v) is 5.13. The molecule has 0 saturated heterocycles. The lowest BCUT2D eigenvalue weighted by molar-refractivity contribution is -0.153. The molecular formula is C13H21IO4. The van der Waals surface area contributed by atoms with Crippen molar-refractivity contribution in [3.05, 3.63) is 12.2 Å². The molecule has 18 heavy (non-hydrogen) atoms. The Hall–Kier alpha value is -0.140. The van der Waals surface area contributed by atoms with Gasteiger partial charge in [-0.2, -0.15) is 0 Å². The molecule has 4 nitrogen and oxygen atoms in total. The number of esters is 1. The number of rotatable bonds is 8. The van der Waals surface area contributed by atoms with Crippen molar-refractivity contribution < 1.29 is 19.0 Å². The number of hydrogen-bond acceptors (Lipinski definition) is 4. The molecule has 0 aromatic rings. The monoisotopic (exact) mass is 368 g/mol. The Kier molecular flexibility index (Phi) is 7.85. The number of unbranched alkanes of at least 4 members (excludes halogenated alkanes) is 1. The number of carbonyl (C=O) groups is 1. The minimum absolute atomic E-state index is 0.0178. The van der Waals surface area contributed by atoms with Crippen molar-refractivity contribution in [3.8, 4) is 0 Å². The third-order valence-electron chi connectivity index (χ3n) is 2.58. The molecule has 104 valence electrons. The van der Waals surface area contributed by atoms with Crippen LogP contribution in [0.3, 0.4) is 0 Å². The number of alkyl halides is 1. The Morgan fingerprint density at radius 1 is 1.44 bits per heavy atom. The van der Waals surface area contributed by atoms with E-state index in [1.807, 2.05) is 12.2 Å². The molecular weight excluding hydrogens is 347 g/mol. The molecule has 0 bridgehead atoms. The first-order valence-corrected chi connectivity index (χ1v) is 7.86. The summed E-state index contributed by atoms with van der Waals surface area (Å²) in [6, 6.07) is 0. The molecule has 0 fully saturated rings. The summed E-state index contributed by atoms with van der Waals surface area (Å²) in [5.41, 5.74) is 0. The van der Waals surface area contributed by atoms with Crippen LogP contribution in [0.15, 0.2) is 12.2 Å². The number of carbonyl (C=O) groups excluding carboxylic acids is 1. The quantitative estimate of drug-likeness (QED) is 0.165. The summed E-state index contributed by atoms with van der Waals surface area (Å²) >= 11 is 2.25. The van der Waals surface area contributed by atoms with E-state index in [0.717, 1.165) is 23.9 Å². The van der Waals surface area contributed by atoms with Gasteiger partial charge in [0.15, 0.2) is 6.29 Å². The van der Waals surface area contributed by atoms with Crippen LogP contribution in [0.5, 0.6) is 0 Å². The zero-order chi connectivity index (χ0) is 13.4. The predicted octanol–water partition coefficient (Wildman–Crippen LogP) is 2.84. The first-order chi connectivity index (χ1) is 8.65. The van der Waals surface area contributed by atoms with Crippen LogP contribution in [0, 0.1) is 0 Å². The number of ether oxygens (including phenoxy) is 3. The summed E-state index contributed by atoms with van der Waals surface area (Å²) in [5, 5.41) is 0. The van der Waals surface area contributed by atoms with Crippen LogP contribution in [0.25, 0.3) is 0 Å². The van der Waals surface area contributed by atoms with Gasteiger partial charge in [0, 0.05) is 20.0 Å². The Labute approximate surface area is 122 Å². The average molecular weight is 368 g/mol. The molecule has 1 unspecified atom stereocenters. The van der Waals surface area contributed by atoms with Gasteiger partial charge in [0.2, 0.25) is 0 Å². The molecule has 1 aliphatic rings. The number of hydrogen-bond donors (Lipinski definition) is 0. The smallest absolute Gasteiger partial charge is 0.303 e. The Balaban J connectivity index is 2.25. The van der Waals surface area contributed by atoms with Crippen LogP contribution < -0.4 is 0 Å². The standard InChI is InChI=1S/C13H21IO4/c1-3-4-7-16-13(9-14)18-12-6-5-11(8-12)17-10(2)15/h5-6,11-13H,3-4,7-9H2,1-2H3/t11-,12+,13?/m0/s1. The lowest BCUT2D eigenvalue weighted by Gasteiger charge is -2.20. The zero-order valence-corrected chi connectivity index (χ0v) is 13.1. The highest BCUT2D eigenvalue weighted by Gasteiger charge is 2.24. The van der Waals surface area contributed by atoms with Gasteiger partial charge in [-0.25, -0.2) is 0 Å². The van der Waals surface area contributed by atoms with Crippen LogP contribution >= 0.6 is 22.6 Å². The van der Waals surface area contributed by atoms with E-state index in [4.69, 9.17) is 14.2 Å². The molecule has 0 aromatic carbocycles. The maximum Gasteiger partial charge on any atom is 0.303 e. The summed E-state index contributed by atoms with van der Waals surface area (Å²) in [6.45, 7) is 4.28. The summed E-state index contributed by atoms with van der Waals surface area (Å²) in [5.74, 6) is -0.255. The average Bonchev–Trinajstić information content (AvgIpc) is 2.74. The summed E-state index contributed by atoms with van der Waals surface area (Å²) in [6.07, 6.45) is 6.32. The minimum atomic E-state index is -0.255. The molecule has 0 spiro atoms. The van der Waals surface area contributed by atoms with Crippen LogP contribution in [0.1, 0.15) is 33.1 Å². The fourth-order valence-corrected chi connectivity index (χ4v) is 2.17. The van der Waals surface area contributed by atoms with Crippen LogP contribution in [0.4, 0.5) is 0 Å². The molecule has 0 heterocycles. The Morgan fingerprint density at radius 3 is 2.78 bits per heavy atom. The molecule has 0 amide bonds. The van der Waals surface area contributed by atoms with Gasteiger partial charge in [0.05, 0.1) is 10.5 Å². The van der Waals surface area contributed by atoms with E-state index in [2.05, 4.69) is 29.5 Å². The third kappa shape index (κ3) is 6.15. The van der Waals surface area contributed by atoms with Crippen molar-refractivity contribution in [1.82, 2.24) is 0 Å². The van der Waals surface area contributed by atoms with Crippen molar-refractivity contribution in [2.24, 2.45) is 0 Å². The Morgan fingerprint density at radius 2 is 2.17 bits per heavy atom. The molecule has 1 rings (SSSR count). The van der Waals surface area contributed by atoms with E-state index < -0.39 is 0 Å². The van der Waals surface area contributed by atoms with Crippen molar-refractivity contribution >= 4 is 28.6 Å². The van der Waals surface area contributed by atoms with Crippen molar-refractivity contribution in [3.63, 3.8) is 0 Å². The number of halogens is 1. The SMILES string of the molecule is CCCCOC(CI)O[C@@H]1C=C[C@H](OC(C)=O)C1. The molecule has 0 N–H and O–H groups in total. The molecule has 5 heteroatoms. The van der Waals surface area contributed by atoms with Gasteiger partial charge in [-0.05, 0) is 12.5 Å². The second-order valence-electron chi connectivity index (χ2n) is 4.25.